The molecule has 2 amide bonds. The van der Waals surface area contributed by atoms with Crippen LogP contribution in [0.3, 0.4) is 0 Å². The minimum Gasteiger partial charge on any atom is -0.357 e. The highest BCUT2D eigenvalue weighted by Crippen LogP contribution is 2.27. The molecule has 0 spiro atoms. The molecular weight excluding hydrogens is 366 g/mol. The van der Waals surface area contributed by atoms with Gasteiger partial charge in [-0.05, 0) is 43.4 Å². The molecule has 0 bridgehead atoms. The van der Waals surface area contributed by atoms with Gasteiger partial charge in [-0.3, -0.25) is 9.59 Å². The second-order valence-corrected chi connectivity index (χ2v) is 7.72. The van der Waals surface area contributed by atoms with Crippen LogP contribution >= 0.6 is 0 Å². The van der Waals surface area contributed by atoms with Crippen molar-refractivity contribution in [2.45, 2.75) is 45.6 Å². The highest BCUT2D eigenvalue weighted by atomic mass is 16.2. The highest BCUT2D eigenvalue weighted by Gasteiger charge is 2.17. The second kappa shape index (κ2) is 12.1. The Balaban J connectivity index is 1.75. The number of nitrogens with zero attached hydrogens (tertiary/aromatic N) is 2. The molecule has 1 aliphatic rings. The van der Waals surface area contributed by atoms with E-state index in [0.29, 0.717) is 43.5 Å². The molecule has 7 heteroatoms. The fourth-order valence-electron chi connectivity index (χ4n) is 3.45. The van der Waals surface area contributed by atoms with Crippen molar-refractivity contribution in [2.24, 2.45) is 10.9 Å². The van der Waals surface area contributed by atoms with Crippen molar-refractivity contribution in [1.29, 1.82) is 0 Å². The predicted molar refractivity (Wildman–Crippen MR) is 117 cm³/mol. The third-order valence-electron chi connectivity index (χ3n) is 5.06. The van der Waals surface area contributed by atoms with Crippen molar-refractivity contribution < 1.29 is 9.59 Å². The third-order valence-corrected chi connectivity index (χ3v) is 5.06. The number of carbonyl (C=O) groups excluding carboxylic acids is 2. The number of hydrogen-bond acceptors (Lipinski definition) is 3. The van der Waals surface area contributed by atoms with Gasteiger partial charge in [-0.15, -0.1) is 0 Å². The molecular formula is C22H35N5O2. The molecule has 0 heterocycles. The number of benzene rings is 1. The van der Waals surface area contributed by atoms with Gasteiger partial charge in [0.05, 0.1) is 6.54 Å². The van der Waals surface area contributed by atoms with Crippen LogP contribution in [-0.4, -0.2) is 56.4 Å². The molecule has 1 saturated carbocycles. The van der Waals surface area contributed by atoms with E-state index in [1.807, 2.05) is 31.2 Å². The van der Waals surface area contributed by atoms with Gasteiger partial charge in [0.1, 0.15) is 0 Å². The molecule has 0 saturated heterocycles. The molecule has 2 rings (SSSR count). The fourth-order valence-corrected chi connectivity index (χ4v) is 3.45. The Bertz CT molecular complexity index is 679. The summed E-state index contributed by atoms with van der Waals surface area (Å²) in [5, 5.41) is 9.44. The van der Waals surface area contributed by atoms with Crippen LogP contribution in [0.5, 0.6) is 0 Å². The first-order valence-corrected chi connectivity index (χ1v) is 10.6. The molecule has 3 N–H and O–H groups in total. The Kier molecular flexibility index (Phi) is 9.47. The van der Waals surface area contributed by atoms with Gasteiger partial charge >= 0.3 is 0 Å². The summed E-state index contributed by atoms with van der Waals surface area (Å²) < 4.78 is 0. The summed E-state index contributed by atoms with van der Waals surface area (Å²) >= 11 is 0. The number of aliphatic imine (C=N–C) groups is 1. The van der Waals surface area contributed by atoms with E-state index < -0.39 is 0 Å². The quantitative estimate of drug-likeness (QED) is 0.336. The minimum absolute atomic E-state index is 0.00923. The predicted octanol–water partition coefficient (Wildman–Crippen LogP) is 2.14. The van der Waals surface area contributed by atoms with Gasteiger partial charge in [-0.25, -0.2) is 4.99 Å². The van der Waals surface area contributed by atoms with E-state index in [0.717, 1.165) is 12.1 Å². The van der Waals surface area contributed by atoms with Crippen LogP contribution in [0.15, 0.2) is 29.3 Å². The lowest BCUT2D eigenvalue weighted by molar-refractivity contribution is -0.121. The second-order valence-electron chi connectivity index (χ2n) is 7.72. The maximum Gasteiger partial charge on any atom is 0.253 e. The Hall–Kier alpha value is -2.57. The van der Waals surface area contributed by atoms with Crippen LogP contribution < -0.4 is 16.0 Å². The summed E-state index contributed by atoms with van der Waals surface area (Å²) in [5.41, 5.74) is 1.70. The Morgan fingerprint density at radius 1 is 1.03 bits per heavy atom. The first-order chi connectivity index (χ1) is 14.0. The molecule has 1 fully saturated rings. The van der Waals surface area contributed by atoms with E-state index in [-0.39, 0.29) is 11.8 Å². The normalized spacial score (nSPS) is 14.5. The Morgan fingerprint density at radius 3 is 2.31 bits per heavy atom. The van der Waals surface area contributed by atoms with Crippen molar-refractivity contribution in [2.75, 3.05) is 33.7 Å². The first kappa shape index (κ1) is 22.7. The summed E-state index contributed by atoms with van der Waals surface area (Å²) in [5.74, 6) is 1.42. The van der Waals surface area contributed by atoms with Gasteiger partial charge in [-0.2, -0.15) is 0 Å². The first-order valence-electron chi connectivity index (χ1n) is 10.6. The monoisotopic (exact) mass is 401 g/mol. The van der Waals surface area contributed by atoms with Crippen molar-refractivity contribution >= 4 is 17.8 Å². The zero-order chi connectivity index (χ0) is 21.1. The van der Waals surface area contributed by atoms with Crippen LogP contribution in [0, 0.1) is 5.92 Å². The van der Waals surface area contributed by atoms with E-state index in [1.54, 1.807) is 19.0 Å². The van der Waals surface area contributed by atoms with Gasteiger partial charge in [0, 0.05) is 45.7 Å². The van der Waals surface area contributed by atoms with Gasteiger partial charge in [0.15, 0.2) is 5.96 Å². The summed E-state index contributed by atoms with van der Waals surface area (Å²) in [6.45, 7) is 4.49. The number of hydrogen-bond donors (Lipinski definition) is 3. The molecule has 160 valence electrons. The van der Waals surface area contributed by atoms with Crippen molar-refractivity contribution in [1.82, 2.24) is 20.9 Å². The molecule has 0 aromatic heterocycles. The van der Waals surface area contributed by atoms with E-state index in [2.05, 4.69) is 20.9 Å². The lowest BCUT2D eigenvalue weighted by Crippen LogP contribution is -2.41. The van der Waals surface area contributed by atoms with Crippen LogP contribution in [0.25, 0.3) is 0 Å². The average Bonchev–Trinajstić information content (AvgIpc) is 3.22. The fraction of sp³-hybridized carbons (Fsp3) is 0.591. The number of nitrogens with one attached hydrogen (secondary N) is 3. The van der Waals surface area contributed by atoms with Crippen LogP contribution in [0.1, 0.15) is 54.9 Å². The largest absolute Gasteiger partial charge is 0.357 e. The smallest absolute Gasteiger partial charge is 0.253 e. The number of rotatable bonds is 9. The lowest BCUT2D eigenvalue weighted by Gasteiger charge is -2.13. The highest BCUT2D eigenvalue weighted by molar-refractivity contribution is 5.93. The molecule has 0 radical (unpaired) electrons. The molecule has 0 aliphatic heterocycles. The van der Waals surface area contributed by atoms with E-state index in [4.69, 9.17) is 0 Å². The minimum atomic E-state index is -0.00923. The molecule has 0 atom stereocenters. The standard InChI is InChI=1S/C22H35N5O2/c1-4-23-22(25-14-13-24-20(28)15-17-7-5-6-8-17)26-16-18-9-11-19(12-10-18)21(29)27(2)3/h9-12,17H,4-8,13-16H2,1-3H3,(H,24,28)(H2,23,25,26). The number of guanidine groups is 1. The summed E-state index contributed by atoms with van der Waals surface area (Å²) in [6.07, 6.45) is 5.55. The Morgan fingerprint density at radius 2 is 1.69 bits per heavy atom. The maximum absolute atomic E-state index is 12.0. The Labute approximate surface area is 174 Å². The zero-order valence-electron chi connectivity index (χ0n) is 18.0. The van der Waals surface area contributed by atoms with E-state index in [1.165, 1.54) is 25.7 Å². The van der Waals surface area contributed by atoms with Crippen molar-refractivity contribution in [3.8, 4) is 0 Å². The SMILES string of the molecule is CCNC(=NCc1ccc(C(=O)N(C)C)cc1)NCCNC(=O)CC1CCCC1. The van der Waals surface area contributed by atoms with Crippen molar-refractivity contribution in [3.05, 3.63) is 35.4 Å². The van der Waals surface area contributed by atoms with E-state index >= 15 is 0 Å². The molecule has 1 aromatic rings. The maximum atomic E-state index is 12.0. The number of amides is 2. The summed E-state index contributed by atoms with van der Waals surface area (Å²) in [7, 11) is 3.48. The molecule has 0 unspecified atom stereocenters. The van der Waals surface area contributed by atoms with Crippen LogP contribution in [0.4, 0.5) is 0 Å². The van der Waals surface area contributed by atoms with Gasteiger partial charge in [0.25, 0.3) is 5.91 Å². The third kappa shape index (κ3) is 8.13. The zero-order valence-corrected chi connectivity index (χ0v) is 18.0. The van der Waals surface area contributed by atoms with Gasteiger partial charge < -0.3 is 20.9 Å². The topological polar surface area (TPSA) is 85.8 Å². The van der Waals surface area contributed by atoms with Gasteiger partial charge in [-0.1, -0.05) is 25.0 Å². The lowest BCUT2D eigenvalue weighted by atomic mass is 10.0. The molecule has 1 aliphatic carbocycles. The van der Waals surface area contributed by atoms with Gasteiger partial charge in [0.2, 0.25) is 5.91 Å². The summed E-state index contributed by atoms with van der Waals surface area (Å²) in [6, 6.07) is 7.50. The summed E-state index contributed by atoms with van der Waals surface area (Å²) in [4.78, 5) is 30.1. The van der Waals surface area contributed by atoms with E-state index in [9.17, 15) is 9.59 Å². The van der Waals surface area contributed by atoms with Crippen molar-refractivity contribution in [3.63, 3.8) is 0 Å². The molecule has 7 nitrogen and oxygen atoms in total. The molecule has 1 aromatic carbocycles. The average molecular weight is 402 g/mol. The molecule has 29 heavy (non-hydrogen) atoms. The van der Waals surface area contributed by atoms with Crippen LogP contribution in [0.2, 0.25) is 0 Å². The number of carbonyl (C=O) groups is 2. The van der Waals surface area contributed by atoms with Crippen LogP contribution in [-0.2, 0) is 11.3 Å².